The second kappa shape index (κ2) is 7.97. The fraction of sp³-hybridized carbons (Fsp3) is 0.500. The van der Waals surface area contributed by atoms with Crippen molar-refractivity contribution in [3.8, 4) is 0 Å². The first kappa shape index (κ1) is 19.4. The third kappa shape index (κ3) is 4.02. The number of benzene rings is 1. The Kier molecular flexibility index (Phi) is 6.19. The number of piperidine rings is 1. The maximum atomic E-state index is 12.9. The van der Waals surface area contributed by atoms with Gasteiger partial charge in [0.1, 0.15) is 0 Å². The van der Waals surface area contributed by atoms with E-state index >= 15 is 0 Å². The molecule has 0 spiro atoms. The van der Waals surface area contributed by atoms with Crippen LogP contribution in [0.15, 0.2) is 18.2 Å². The third-order valence-electron chi connectivity index (χ3n) is 4.68. The predicted molar refractivity (Wildman–Crippen MR) is 102 cm³/mol. The molecule has 1 N–H and O–H groups in total. The van der Waals surface area contributed by atoms with Crippen LogP contribution in [-0.2, 0) is 0 Å². The molecule has 0 bridgehead atoms. The van der Waals surface area contributed by atoms with Gasteiger partial charge in [-0.25, -0.2) is 4.68 Å². The number of rotatable bonds is 3. The highest BCUT2D eigenvalue weighted by Gasteiger charge is 2.25. The van der Waals surface area contributed by atoms with Crippen molar-refractivity contribution in [1.82, 2.24) is 20.3 Å². The van der Waals surface area contributed by atoms with Crippen LogP contribution in [0.3, 0.4) is 0 Å². The standard InChI is InChI=1S/C18H25N5O.ClH/c1-12-9-13(2)11-16(10-12)22(4)18(24)17-14(3)23(21-20-17)15-5-7-19-8-6-15;/h9-11,15,19H,5-8H2,1-4H3;1H. The van der Waals surface area contributed by atoms with Crippen molar-refractivity contribution in [3.05, 3.63) is 40.7 Å². The van der Waals surface area contributed by atoms with Gasteiger partial charge in [0.05, 0.1) is 11.7 Å². The van der Waals surface area contributed by atoms with E-state index in [1.54, 1.807) is 11.9 Å². The molecule has 7 heteroatoms. The Morgan fingerprint density at radius 2 is 1.76 bits per heavy atom. The fourth-order valence-corrected chi connectivity index (χ4v) is 3.36. The van der Waals surface area contributed by atoms with Crippen LogP contribution in [0.5, 0.6) is 0 Å². The van der Waals surface area contributed by atoms with Gasteiger partial charge in [-0.2, -0.15) is 0 Å². The molecule has 0 aliphatic carbocycles. The molecule has 0 unspecified atom stereocenters. The van der Waals surface area contributed by atoms with E-state index in [0.29, 0.717) is 11.7 Å². The van der Waals surface area contributed by atoms with E-state index in [2.05, 4.69) is 21.7 Å². The van der Waals surface area contributed by atoms with Gasteiger partial charge < -0.3 is 10.2 Å². The zero-order valence-corrected chi connectivity index (χ0v) is 16.1. The summed E-state index contributed by atoms with van der Waals surface area (Å²) in [6.45, 7) is 7.97. The second-order valence-electron chi connectivity index (χ2n) is 6.66. The van der Waals surface area contributed by atoms with Gasteiger partial charge in [0.2, 0.25) is 0 Å². The van der Waals surface area contributed by atoms with Crippen molar-refractivity contribution >= 4 is 24.0 Å². The number of aryl methyl sites for hydroxylation is 2. The largest absolute Gasteiger partial charge is 0.317 e. The molecule has 1 aromatic carbocycles. The number of aromatic nitrogens is 3. The Morgan fingerprint density at radius 1 is 1.16 bits per heavy atom. The molecule has 1 amide bonds. The van der Waals surface area contributed by atoms with E-state index in [0.717, 1.165) is 48.4 Å². The molecule has 0 saturated carbocycles. The Bertz CT molecular complexity index is 732. The average molecular weight is 364 g/mol. The molecule has 2 aromatic rings. The Labute approximate surface area is 155 Å². The van der Waals surface area contributed by atoms with Gasteiger partial charge in [0, 0.05) is 12.7 Å². The summed E-state index contributed by atoms with van der Waals surface area (Å²) in [6, 6.07) is 6.45. The number of anilines is 1. The molecule has 1 fully saturated rings. The first-order valence-electron chi connectivity index (χ1n) is 8.46. The van der Waals surface area contributed by atoms with E-state index in [9.17, 15) is 4.79 Å². The molecule has 1 saturated heterocycles. The number of carbonyl (C=O) groups excluding carboxylic acids is 1. The predicted octanol–water partition coefficient (Wildman–Crippen LogP) is 2.83. The van der Waals surface area contributed by atoms with Crippen molar-refractivity contribution in [2.24, 2.45) is 0 Å². The number of nitrogens with one attached hydrogen (secondary N) is 1. The number of halogens is 1. The van der Waals surface area contributed by atoms with Gasteiger partial charge in [0.15, 0.2) is 5.69 Å². The number of amides is 1. The lowest BCUT2D eigenvalue weighted by molar-refractivity contribution is 0.0987. The summed E-state index contributed by atoms with van der Waals surface area (Å²) in [5.41, 5.74) is 4.45. The number of carbonyl (C=O) groups is 1. The molecule has 6 nitrogen and oxygen atoms in total. The molecule has 2 heterocycles. The normalized spacial score (nSPS) is 14.9. The molecule has 136 valence electrons. The van der Waals surface area contributed by atoms with Crippen molar-refractivity contribution < 1.29 is 4.79 Å². The van der Waals surface area contributed by atoms with Crippen LogP contribution in [0.1, 0.15) is 46.2 Å². The van der Waals surface area contributed by atoms with Crippen LogP contribution < -0.4 is 10.2 Å². The topological polar surface area (TPSA) is 63.1 Å². The molecule has 25 heavy (non-hydrogen) atoms. The lowest BCUT2D eigenvalue weighted by atomic mass is 10.1. The fourth-order valence-electron chi connectivity index (χ4n) is 3.36. The van der Waals surface area contributed by atoms with Crippen molar-refractivity contribution in [2.45, 2.75) is 39.7 Å². The Balaban J connectivity index is 0.00000225. The average Bonchev–Trinajstić information content (AvgIpc) is 2.95. The molecule has 3 rings (SSSR count). The summed E-state index contributed by atoms with van der Waals surface area (Å²) in [5, 5.41) is 11.8. The minimum atomic E-state index is -0.113. The zero-order chi connectivity index (χ0) is 17.3. The summed E-state index contributed by atoms with van der Waals surface area (Å²) in [5.74, 6) is -0.113. The van der Waals surface area contributed by atoms with Crippen LogP contribution in [-0.4, -0.2) is 41.0 Å². The first-order valence-corrected chi connectivity index (χ1v) is 8.46. The highest BCUT2D eigenvalue weighted by Crippen LogP contribution is 2.23. The summed E-state index contributed by atoms with van der Waals surface area (Å²) in [6.07, 6.45) is 2.04. The van der Waals surface area contributed by atoms with E-state index in [4.69, 9.17) is 0 Å². The Hall–Kier alpha value is -1.92. The molecule has 1 aliphatic heterocycles. The lowest BCUT2D eigenvalue weighted by Gasteiger charge is -2.23. The van der Waals surface area contributed by atoms with E-state index < -0.39 is 0 Å². The minimum absolute atomic E-state index is 0. The monoisotopic (exact) mass is 363 g/mol. The van der Waals surface area contributed by atoms with Crippen LogP contribution in [0, 0.1) is 20.8 Å². The summed E-state index contributed by atoms with van der Waals surface area (Å²) >= 11 is 0. The smallest absolute Gasteiger partial charge is 0.280 e. The quantitative estimate of drug-likeness (QED) is 0.910. The SMILES string of the molecule is Cc1cc(C)cc(N(C)C(=O)c2nnn(C3CCNCC3)c2C)c1.Cl. The molecule has 1 aromatic heterocycles. The molecule has 0 radical (unpaired) electrons. The summed E-state index contributed by atoms with van der Waals surface area (Å²) < 4.78 is 1.92. The number of hydrogen-bond donors (Lipinski definition) is 1. The first-order chi connectivity index (χ1) is 11.5. The van der Waals surface area contributed by atoms with Crippen LogP contribution in [0.2, 0.25) is 0 Å². The van der Waals surface area contributed by atoms with Crippen LogP contribution in [0.4, 0.5) is 5.69 Å². The van der Waals surface area contributed by atoms with Gasteiger partial charge in [0.25, 0.3) is 5.91 Å². The van der Waals surface area contributed by atoms with Crippen LogP contribution >= 0.6 is 12.4 Å². The molecular weight excluding hydrogens is 338 g/mol. The Morgan fingerprint density at radius 3 is 2.36 bits per heavy atom. The maximum absolute atomic E-state index is 12.9. The highest BCUT2D eigenvalue weighted by molar-refractivity contribution is 6.05. The molecule has 1 aliphatic rings. The number of nitrogens with zero attached hydrogens (tertiary/aromatic N) is 4. The molecular formula is C18H26ClN5O. The van der Waals surface area contributed by atoms with Gasteiger partial charge in [-0.05, 0) is 70.0 Å². The van der Waals surface area contributed by atoms with Gasteiger partial charge in [-0.1, -0.05) is 11.3 Å². The molecule has 0 atom stereocenters. The van der Waals surface area contributed by atoms with E-state index in [1.165, 1.54) is 0 Å². The van der Waals surface area contributed by atoms with Crippen LogP contribution in [0.25, 0.3) is 0 Å². The number of hydrogen-bond acceptors (Lipinski definition) is 4. The maximum Gasteiger partial charge on any atom is 0.280 e. The van der Waals surface area contributed by atoms with E-state index in [1.807, 2.05) is 37.6 Å². The van der Waals surface area contributed by atoms with Gasteiger partial charge in [-0.3, -0.25) is 4.79 Å². The lowest BCUT2D eigenvalue weighted by Crippen LogP contribution is -2.31. The van der Waals surface area contributed by atoms with Gasteiger partial charge in [-0.15, -0.1) is 17.5 Å². The van der Waals surface area contributed by atoms with Crippen molar-refractivity contribution in [2.75, 3.05) is 25.0 Å². The summed E-state index contributed by atoms with van der Waals surface area (Å²) in [4.78, 5) is 14.5. The minimum Gasteiger partial charge on any atom is -0.317 e. The summed E-state index contributed by atoms with van der Waals surface area (Å²) in [7, 11) is 1.79. The van der Waals surface area contributed by atoms with Gasteiger partial charge >= 0.3 is 0 Å². The third-order valence-corrected chi connectivity index (χ3v) is 4.68. The van der Waals surface area contributed by atoms with Crippen molar-refractivity contribution in [1.29, 1.82) is 0 Å². The second-order valence-corrected chi connectivity index (χ2v) is 6.66. The highest BCUT2D eigenvalue weighted by atomic mass is 35.5. The van der Waals surface area contributed by atoms with Crippen molar-refractivity contribution in [3.63, 3.8) is 0 Å². The zero-order valence-electron chi connectivity index (χ0n) is 15.2. The van der Waals surface area contributed by atoms with E-state index in [-0.39, 0.29) is 18.3 Å².